The van der Waals surface area contributed by atoms with Crippen molar-refractivity contribution in [1.82, 2.24) is 10.2 Å². The van der Waals surface area contributed by atoms with Crippen LogP contribution in [0.2, 0.25) is 0 Å². The van der Waals surface area contributed by atoms with E-state index in [-0.39, 0.29) is 24.9 Å². The molecule has 7 heteroatoms. The molecule has 0 aliphatic heterocycles. The van der Waals surface area contributed by atoms with Crippen LogP contribution < -0.4 is 5.32 Å². The zero-order valence-electron chi connectivity index (χ0n) is 11.7. The third-order valence-electron chi connectivity index (χ3n) is 2.76. The van der Waals surface area contributed by atoms with Crippen LogP contribution in [0.1, 0.15) is 28.4 Å². The van der Waals surface area contributed by atoms with E-state index in [1.165, 1.54) is 30.1 Å². The Morgan fingerprint density at radius 2 is 2.05 bits per heavy atom. The number of hydrogen-bond donors (Lipinski definition) is 2. The molecule has 110 valence electrons. The Balaban J connectivity index is 2.83. The summed E-state index contributed by atoms with van der Waals surface area (Å²) in [5.74, 6) is -1.62. The van der Waals surface area contributed by atoms with Crippen molar-refractivity contribution in [3.63, 3.8) is 0 Å². The second-order valence-corrected chi connectivity index (χ2v) is 5.69. The van der Waals surface area contributed by atoms with Crippen molar-refractivity contribution in [1.29, 1.82) is 0 Å². The number of carbonyl (C=O) groups excluding carboxylic acids is 2. The van der Waals surface area contributed by atoms with Gasteiger partial charge in [-0.15, -0.1) is 11.3 Å². The van der Waals surface area contributed by atoms with Crippen molar-refractivity contribution >= 4 is 29.1 Å². The average Bonchev–Trinajstić information content (AvgIpc) is 2.79. The fourth-order valence-corrected chi connectivity index (χ4v) is 2.47. The first-order chi connectivity index (χ1) is 9.32. The summed E-state index contributed by atoms with van der Waals surface area (Å²) >= 11 is 1.32. The van der Waals surface area contributed by atoms with Crippen molar-refractivity contribution < 1.29 is 19.5 Å². The number of thiophene rings is 1. The van der Waals surface area contributed by atoms with Crippen LogP contribution in [0.15, 0.2) is 12.1 Å². The monoisotopic (exact) mass is 298 g/mol. The molecular formula is C13H18N2O4S. The quantitative estimate of drug-likeness (QED) is 0.823. The normalized spacial score (nSPS) is 11.8. The molecule has 20 heavy (non-hydrogen) atoms. The molecule has 0 bridgehead atoms. The minimum absolute atomic E-state index is 0.156. The largest absolute Gasteiger partial charge is 0.480 e. The summed E-state index contributed by atoms with van der Waals surface area (Å²) in [6, 6.07) is 2.55. The van der Waals surface area contributed by atoms with Crippen LogP contribution in [0.25, 0.3) is 0 Å². The lowest BCUT2D eigenvalue weighted by atomic mass is 10.2. The number of nitrogens with one attached hydrogen (secondary N) is 1. The maximum absolute atomic E-state index is 12.3. The molecule has 1 aromatic rings. The fourth-order valence-electron chi connectivity index (χ4n) is 1.65. The number of aryl methyl sites for hydroxylation is 1. The van der Waals surface area contributed by atoms with Crippen molar-refractivity contribution in [2.45, 2.75) is 26.8 Å². The van der Waals surface area contributed by atoms with Crippen molar-refractivity contribution in [3.8, 4) is 0 Å². The highest BCUT2D eigenvalue weighted by Crippen LogP contribution is 2.18. The molecule has 1 unspecified atom stereocenters. The summed E-state index contributed by atoms with van der Waals surface area (Å²) < 4.78 is 0. The van der Waals surface area contributed by atoms with Gasteiger partial charge in [0.25, 0.3) is 5.91 Å². The zero-order chi connectivity index (χ0) is 15.3. The first-order valence-electron chi connectivity index (χ1n) is 6.17. The Morgan fingerprint density at radius 3 is 2.50 bits per heavy atom. The van der Waals surface area contributed by atoms with Crippen molar-refractivity contribution in [2.24, 2.45) is 0 Å². The minimum Gasteiger partial charge on any atom is -0.480 e. The number of rotatable bonds is 6. The molecule has 0 saturated carbocycles. The average molecular weight is 298 g/mol. The molecule has 1 rings (SSSR count). The molecule has 0 aromatic carbocycles. The molecule has 2 amide bonds. The van der Waals surface area contributed by atoms with Gasteiger partial charge >= 0.3 is 5.97 Å². The molecule has 0 saturated heterocycles. The Hall–Kier alpha value is -1.89. The molecule has 0 aliphatic carbocycles. The van der Waals surface area contributed by atoms with Crippen molar-refractivity contribution in [2.75, 3.05) is 13.1 Å². The van der Waals surface area contributed by atoms with Crippen LogP contribution in [0, 0.1) is 6.92 Å². The smallest absolute Gasteiger partial charge is 0.326 e. The minimum atomic E-state index is -1.07. The van der Waals surface area contributed by atoms with Gasteiger partial charge in [-0.25, -0.2) is 4.79 Å². The summed E-state index contributed by atoms with van der Waals surface area (Å²) in [6.07, 6.45) is 0. The van der Waals surface area contributed by atoms with E-state index in [9.17, 15) is 14.4 Å². The van der Waals surface area contributed by atoms with Crippen LogP contribution >= 0.6 is 11.3 Å². The number of carbonyl (C=O) groups is 3. The number of amides is 2. The van der Waals surface area contributed by atoms with E-state index in [1.807, 2.05) is 13.0 Å². The van der Waals surface area contributed by atoms with Gasteiger partial charge in [0.2, 0.25) is 5.91 Å². The van der Waals surface area contributed by atoms with E-state index >= 15 is 0 Å². The Morgan fingerprint density at radius 1 is 1.40 bits per heavy atom. The van der Waals surface area contributed by atoms with E-state index in [0.717, 1.165) is 4.88 Å². The lowest BCUT2D eigenvalue weighted by molar-refractivity contribution is -0.141. The van der Waals surface area contributed by atoms with Crippen LogP contribution in [0.4, 0.5) is 0 Å². The van der Waals surface area contributed by atoms with Gasteiger partial charge in [-0.2, -0.15) is 0 Å². The van der Waals surface area contributed by atoms with Gasteiger partial charge in [0.15, 0.2) is 0 Å². The standard InChI is InChI=1S/C13H18N2O4S/c1-8-4-5-11(20-8)12(17)15(9(2)13(18)19)7-6-14-10(3)16/h4-5,9H,6-7H2,1-3H3,(H,14,16)(H,18,19). The van der Waals surface area contributed by atoms with Gasteiger partial charge < -0.3 is 15.3 Å². The van der Waals surface area contributed by atoms with Crippen LogP contribution in [-0.4, -0.2) is 46.9 Å². The summed E-state index contributed by atoms with van der Waals surface area (Å²) in [4.78, 5) is 37.0. The highest BCUT2D eigenvalue weighted by molar-refractivity contribution is 7.13. The molecule has 1 atom stereocenters. The second kappa shape index (κ2) is 7.04. The number of carboxylic acid groups (broad SMARTS) is 1. The topological polar surface area (TPSA) is 86.7 Å². The van der Waals surface area contributed by atoms with Crippen LogP contribution in [0.3, 0.4) is 0 Å². The van der Waals surface area contributed by atoms with Gasteiger partial charge in [-0.1, -0.05) is 0 Å². The maximum Gasteiger partial charge on any atom is 0.326 e. The highest BCUT2D eigenvalue weighted by Gasteiger charge is 2.26. The lowest BCUT2D eigenvalue weighted by Crippen LogP contribution is -2.46. The molecule has 0 fully saturated rings. The first kappa shape index (κ1) is 16.2. The molecular weight excluding hydrogens is 280 g/mol. The third kappa shape index (κ3) is 4.34. The maximum atomic E-state index is 12.3. The summed E-state index contributed by atoms with van der Waals surface area (Å²) in [6.45, 7) is 5.08. The zero-order valence-corrected chi connectivity index (χ0v) is 12.5. The van der Waals surface area contributed by atoms with Crippen LogP contribution in [0.5, 0.6) is 0 Å². The molecule has 2 N–H and O–H groups in total. The van der Waals surface area contributed by atoms with Gasteiger partial charge in [0.05, 0.1) is 4.88 Å². The second-order valence-electron chi connectivity index (χ2n) is 4.41. The lowest BCUT2D eigenvalue weighted by Gasteiger charge is -2.26. The van der Waals surface area contributed by atoms with Gasteiger partial charge in [-0.3, -0.25) is 9.59 Å². The van der Waals surface area contributed by atoms with E-state index in [1.54, 1.807) is 6.07 Å². The highest BCUT2D eigenvalue weighted by atomic mass is 32.1. The molecule has 0 spiro atoms. The first-order valence-corrected chi connectivity index (χ1v) is 6.99. The predicted molar refractivity (Wildman–Crippen MR) is 75.9 cm³/mol. The van der Waals surface area contributed by atoms with Crippen molar-refractivity contribution in [3.05, 3.63) is 21.9 Å². The number of nitrogens with zero attached hydrogens (tertiary/aromatic N) is 1. The van der Waals surface area contributed by atoms with Gasteiger partial charge in [-0.05, 0) is 26.0 Å². The summed E-state index contributed by atoms with van der Waals surface area (Å²) in [5, 5.41) is 11.6. The Kier molecular flexibility index (Phi) is 5.69. The summed E-state index contributed by atoms with van der Waals surface area (Å²) in [7, 11) is 0. The van der Waals surface area contributed by atoms with Crippen LogP contribution in [-0.2, 0) is 9.59 Å². The molecule has 1 heterocycles. The third-order valence-corrected chi connectivity index (χ3v) is 3.75. The number of carboxylic acids is 1. The molecule has 6 nitrogen and oxygen atoms in total. The number of hydrogen-bond acceptors (Lipinski definition) is 4. The van der Waals surface area contributed by atoms with Gasteiger partial charge in [0, 0.05) is 24.9 Å². The van der Waals surface area contributed by atoms with E-state index in [4.69, 9.17) is 5.11 Å². The SMILES string of the molecule is CC(=O)NCCN(C(=O)c1ccc(C)s1)C(C)C(=O)O. The number of aliphatic carboxylic acids is 1. The van der Waals surface area contributed by atoms with Gasteiger partial charge in [0.1, 0.15) is 6.04 Å². The summed E-state index contributed by atoms with van der Waals surface area (Å²) in [5.41, 5.74) is 0. The fraction of sp³-hybridized carbons (Fsp3) is 0.462. The Bertz CT molecular complexity index is 512. The van der Waals surface area contributed by atoms with E-state index in [0.29, 0.717) is 4.88 Å². The molecule has 1 aromatic heterocycles. The predicted octanol–water partition coefficient (Wildman–Crippen LogP) is 1.11. The van der Waals surface area contributed by atoms with E-state index in [2.05, 4.69) is 5.32 Å². The van der Waals surface area contributed by atoms with E-state index < -0.39 is 12.0 Å². The molecule has 0 radical (unpaired) electrons. The Labute approximate surface area is 121 Å². The molecule has 0 aliphatic rings.